The minimum Gasteiger partial charge on any atom is -0.209 e. The summed E-state index contributed by atoms with van der Waals surface area (Å²) in [5, 5.41) is 0. The first-order valence-corrected chi connectivity index (χ1v) is 3.18. The third-order valence-electron chi connectivity index (χ3n) is 1.67. The maximum Gasteiger partial charge on any atom is 0.417 e. The second kappa shape index (κ2) is 3.62. The minimum atomic E-state index is -7.20. The van der Waals surface area contributed by atoms with E-state index in [0.717, 1.165) is 0 Å². The summed E-state index contributed by atoms with van der Waals surface area (Å²) in [5.74, 6) is 0. The molecule has 0 aliphatic rings. The molecule has 0 N–H and O–H groups in total. The molecule has 0 heterocycles. The molecule has 0 aromatic rings. The maximum absolute atomic E-state index is 11.7. The molecular formula is C5HF11. The third kappa shape index (κ3) is 1.90. The van der Waals surface area contributed by atoms with Crippen molar-refractivity contribution in [2.45, 2.75) is 25.0 Å². The SMILES string of the molecule is FC(F)C(C(F)(F)F)(C(F)(F)F)C(F)(F)F. The van der Waals surface area contributed by atoms with Crippen LogP contribution in [0.1, 0.15) is 0 Å². The predicted octanol–water partition coefficient (Wildman–Crippen LogP) is 3.92. The standard InChI is InChI=1S/C5HF11/c6-1(7)2(3(8,9)10,4(11,12)13)5(14,15)16/h1H. The lowest BCUT2D eigenvalue weighted by molar-refractivity contribution is -0.453. The van der Waals surface area contributed by atoms with Gasteiger partial charge in [-0.2, -0.15) is 39.5 Å². The van der Waals surface area contributed by atoms with Crippen LogP contribution < -0.4 is 0 Å². The van der Waals surface area contributed by atoms with E-state index in [1.54, 1.807) is 0 Å². The molecule has 11 heteroatoms. The Morgan fingerprint density at radius 2 is 0.688 bits per heavy atom. The predicted molar refractivity (Wildman–Crippen MR) is 26.6 cm³/mol. The van der Waals surface area contributed by atoms with Gasteiger partial charge in [0.05, 0.1) is 0 Å². The zero-order chi connectivity index (χ0) is 13.6. The Bertz CT molecular complexity index is 203. The van der Waals surface area contributed by atoms with Gasteiger partial charge >= 0.3 is 23.9 Å². The summed E-state index contributed by atoms with van der Waals surface area (Å²) in [5.41, 5.74) is -7.02. The third-order valence-corrected chi connectivity index (χ3v) is 1.67. The van der Waals surface area contributed by atoms with Crippen LogP contribution in [0.3, 0.4) is 0 Å². The molecule has 0 bridgehead atoms. The van der Waals surface area contributed by atoms with Crippen molar-refractivity contribution < 1.29 is 48.3 Å². The first-order chi connectivity index (χ1) is 6.69. The summed E-state index contributed by atoms with van der Waals surface area (Å²) < 4.78 is 129. The fraction of sp³-hybridized carbons (Fsp3) is 1.00. The fourth-order valence-corrected chi connectivity index (χ4v) is 0.853. The summed E-state index contributed by atoms with van der Waals surface area (Å²) in [4.78, 5) is 0. The molecule has 0 rings (SSSR count). The van der Waals surface area contributed by atoms with Gasteiger partial charge in [0, 0.05) is 0 Å². The van der Waals surface area contributed by atoms with Crippen molar-refractivity contribution in [2.24, 2.45) is 5.41 Å². The van der Waals surface area contributed by atoms with Gasteiger partial charge in [0.15, 0.2) is 0 Å². The van der Waals surface area contributed by atoms with E-state index in [0.29, 0.717) is 0 Å². The van der Waals surface area contributed by atoms with E-state index >= 15 is 0 Å². The van der Waals surface area contributed by atoms with E-state index < -0.39 is 30.4 Å². The van der Waals surface area contributed by atoms with Crippen LogP contribution in [0.25, 0.3) is 0 Å². The van der Waals surface area contributed by atoms with E-state index in [-0.39, 0.29) is 0 Å². The van der Waals surface area contributed by atoms with Crippen molar-refractivity contribution in [3.8, 4) is 0 Å². The summed E-state index contributed by atoms with van der Waals surface area (Å²) >= 11 is 0. The highest BCUT2D eigenvalue weighted by Crippen LogP contribution is 2.62. The molecule has 0 aliphatic carbocycles. The van der Waals surface area contributed by atoms with E-state index in [4.69, 9.17) is 0 Å². The van der Waals surface area contributed by atoms with Crippen LogP contribution in [0.2, 0.25) is 0 Å². The lowest BCUT2D eigenvalue weighted by atomic mass is 9.86. The van der Waals surface area contributed by atoms with Crippen LogP contribution in [0.15, 0.2) is 0 Å². The van der Waals surface area contributed by atoms with E-state index in [1.165, 1.54) is 0 Å². The fourth-order valence-electron chi connectivity index (χ4n) is 0.853. The number of halogens is 11. The van der Waals surface area contributed by atoms with Crippen molar-refractivity contribution >= 4 is 0 Å². The quantitative estimate of drug-likeness (QED) is 0.633. The number of hydrogen-bond acceptors (Lipinski definition) is 0. The molecule has 0 nitrogen and oxygen atoms in total. The van der Waals surface area contributed by atoms with Crippen LogP contribution in [0, 0.1) is 5.41 Å². The van der Waals surface area contributed by atoms with Gasteiger partial charge in [-0.25, -0.2) is 8.78 Å². The lowest BCUT2D eigenvalue weighted by Gasteiger charge is -2.37. The molecule has 0 saturated heterocycles. The Morgan fingerprint density at radius 3 is 0.688 bits per heavy atom. The van der Waals surface area contributed by atoms with Crippen molar-refractivity contribution in [3.63, 3.8) is 0 Å². The van der Waals surface area contributed by atoms with E-state index in [9.17, 15) is 48.3 Å². The van der Waals surface area contributed by atoms with Gasteiger partial charge in [-0.1, -0.05) is 0 Å². The van der Waals surface area contributed by atoms with E-state index in [1.807, 2.05) is 0 Å². The Morgan fingerprint density at radius 1 is 0.500 bits per heavy atom. The van der Waals surface area contributed by atoms with Gasteiger partial charge in [0.1, 0.15) is 0 Å². The normalized spacial score (nSPS) is 15.8. The molecule has 0 radical (unpaired) electrons. The minimum absolute atomic E-state index is 5.70. The van der Waals surface area contributed by atoms with Gasteiger partial charge in [-0.05, 0) is 0 Å². The smallest absolute Gasteiger partial charge is 0.209 e. The molecule has 0 aromatic heterocycles. The van der Waals surface area contributed by atoms with Crippen molar-refractivity contribution in [3.05, 3.63) is 0 Å². The van der Waals surface area contributed by atoms with Gasteiger partial charge < -0.3 is 0 Å². The molecule has 0 aromatic carbocycles. The maximum atomic E-state index is 11.7. The summed E-state index contributed by atoms with van der Waals surface area (Å²) in [6.45, 7) is 0. The lowest BCUT2D eigenvalue weighted by Crippen LogP contribution is -2.63. The molecule has 98 valence electrons. The Kier molecular flexibility index (Phi) is 3.45. The van der Waals surface area contributed by atoms with Crippen LogP contribution in [0.5, 0.6) is 0 Å². The van der Waals surface area contributed by atoms with Crippen molar-refractivity contribution in [2.75, 3.05) is 0 Å². The highest BCUT2D eigenvalue weighted by Gasteiger charge is 2.88. The number of hydrogen-bond donors (Lipinski definition) is 0. The largest absolute Gasteiger partial charge is 0.417 e. The van der Waals surface area contributed by atoms with Crippen LogP contribution >= 0.6 is 0 Å². The second-order valence-corrected chi connectivity index (χ2v) is 2.60. The zero-order valence-electron chi connectivity index (χ0n) is 6.73. The number of alkyl halides is 11. The Labute approximate surface area is 80.0 Å². The first kappa shape index (κ1) is 15.2. The van der Waals surface area contributed by atoms with Crippen molar-refractivity contribution in [1.82, 2.24) is 0 Å². The first-order valence-electron chi connectivity index (χ1n) is 3.18. The van der Waals surface area contributed by atoms with Gasteiger partial charge in [0.25, 0.3) is 6.43 Å². The number of rotatable bonds is 1. The molecule has 0 atom stereocenters. The molecule has 0 amide bonds. The molecule has 0 fully saturated rings. The molecule has 0 spiro atoms. The Hall–Kier alpha value is -0.770. The Balaban J connectivity index is 6.05. The monoisotopic (exact) mass is 270 g/mol. The molecule has 16 heavy (non-hydrogen) atoms. The summed E-state index contributed by atoms with van der Waals surface area (Å²) in [6, 6.07) is 0. The molecule has 0 saturated carbocycles. The van der Waals surface area contributed by atoms with Gasteiger partial charge in [-0.3, -0.25) is 0 Å². The molecule has 0 unspecified atom stereocenters. The van der Waals surface area contributed by atoms with Crippen molar-refractivity contribution in [1.29, 1.82) is 0 Å². The highest BCUT2D eigenvalue weighted by atomic mass is 19.4. The second-order valence-electron chi connectivity index (χ2n) is 2.60. The van der Waals surface area contributed by atoms with Crippen LogP contribution in [0.4, 0.5) is 48.3 Å². The average Bonchev–Trinajstić information content (AvgIpc) is 1.71. The molecule has 0 aliphatic heterocycles. The summed E-state index contributed by atoms with van der Waals surface area (Å²) in [6.07, 6.45) is -27.3. The van der Waals surface area contributed by atoms with E-state index in [2.05, 4.69) is 0 Å². The topological polar surface area (TPSA) is 0 Å². The zero-order valence-corrected chi connectivity index (χ0v) is 6.73. The highest BCUT2D eigenvalue weighted by molar-refractivity contribution is 5.01. The average molecular weight is 270 g/mol. The van der Waals surface area contributed by atoms with Crippen LogP contribution in [-0.4, -0.2) is 25.0 Å². The van der Waals surface area contributed by atoms with Gasteiger partial charge in [0.2, 0.25) is 0 Å². The molecular weight excluding hydrogens is 269 g/mol. The van der Waals surface area contributed by atoms with Gasteiger partial charge in [-0.15, -0.1) is 0 Å². The summed E-state index contributed by atoms with van der Waals surface area (Å²) in [7, 11) is 0. The van der Waals surface area contributed by atoms with Crippen LogP contribution in [-0.2, 0) is 0 Å².